The number of benzene rings is 1. The maximum absolute atomic E-state index is 12.5. The Labute approximate surface area is 115 Å². The van der Waals surface area contributed by atoms with Gasteiger partial charge in [-0.1, -0.05) is 17.9 Å². The zero-order valence-corrected chi connectivity index (χ0v) is 12.2. The van der Waals surface area contributed by atoms with E-state index in [0.29, 0.717) is 13.1 Å². The molecule has 1 rings (SSSR count). The van der Waals surface area contributed by atoms with Gasteiger partial charge in [-0.05, 0) is 45.4 Å². The minimum atomic E-state index is 0.0615. The van der Waals surface area contributed by atoms with Crippen LogP contribution >= 0.6 is 0 Å². The van der Waals surface area contributed by atoms with E-state index in [-0.39, 0.29) is 11.9 Å². The van der Waals surface area contributed by atoms with Gasteiger partial charge in [-0.2, -0.15) is 0 Å². The summed E-state index contributed by atoms with van der Waals surface area (Å²) < 4.78 is 0. The van der Waals surface area contributed by atoms with E-state index >= 15 is 0 Å². The van der Waals surface area contributed by atoms with E-state index in [2.05, 4.69) is 11.8 Å². The van der Waals surface area contributed by atoms with Gasteiger partial charge in [-0.3, -0.25) is 4.79 Å². The fraction of sp³-hybridized carbons (Fsp3) is 0.438. The quantitative estimate of drug-likeness (QED) is 0.845. The minimum absolute atomic E-state index is 0.0615. The molecule has 0 saturated carbocycles. The lowest BCUT2D eigenvalue weighted by atomic mass is 10.0. The maximum atomic E-state index is 12.5. The van der Waals surface area contributed by atoms with Crippen LogP contribution in [0.5, 0.6) is 0 Å². The number of hydrogen-bond donors (Lipinski definition) is 1. The molecule has 1 amide bonds. The van der Waals surface area contributed by atoms with Crippen LogP contribution in [0.1, 0.15) is 42.3 Å². The second-order valence-electron chi connectivity index (χ2n) is 4.67. The SMILES string of the molecule is CCN(C(=O)c1cccc(C#CCN)c1C)C(C)C. The van der Waals surface area contributed by atoms with E-state index in [1.54, 1.807) is 0 Å². The molecule has 0 aliphatic carbocycles. The Morgan fingerprint density at radius 3 is 2.63 bits per heavy atom. The van der Waals surface area contributed by atoms with E-state index in [1.807, 2.05) is 50.8 Å². The van der Waals surface area contributed by atoms with Gasteiger partial charge in [-0.25, -0.2) is 0 Å². The normalized spacial score (nSPS) is 10.0. The highest BCUT2D eigenvalue weighted by molar-refractivity contribution is 5.96. The molecule has 0 aliphatic rings. The van der Waals surface area contributed by atoms with Crippen LogP contribution < -0.4 is 5.73 Å². The first-order valence-electron chi connectivity index (χ1n) is 6.62. The second kappa shape index (κ2) is 6.96. The van der Waals surface area contributed by atoms with Crippen molar-refractivity contribution in [1.29, 1.82) is 0 Å². The van der Waals surface area contributed by atoms with Crippen LogP contribution in [0.25, 0.3) is 0 Å². The van der Waals surface area contributed by atoms with Gasteiger partial charge < -0.3 is 10.6 Å². The Hall–Kier alpha value is -1.79. The fourth-order valence-electron chi connectivity index (χ4n) is 2.05. The van der Waals surface area contributed by atoms with Crippen molar-refractivity contribution in [2.75, 3.05) is 13.1 Å². The van der Waals surface area contributed by atoms with Gasteiger partial charge in [-0.15, -0.1) is 0 Å². The highest BCUT2D eigenvalue weighted by Gasteiger charge is 2.19. The standard InChI is InChI=1S/C16H22N2O/c1-5-18(12(2)3)16(19)15-10-6-8-14(13(15)4)9-7-11-17/h6,8,10,12H,5,11,17H2,1-4H3. The van der Waals surface area contributed by atoms with Crippen LogP contribution in [0.2, 0.25) is 0 Å². The molecule has 0 bridgehead atoms. The molecule has 0 spiro atoms. The van der Waals surface area contributed by atoms with E-state index in [4.69, 9.17) is 5.73 Å². The van der Waals surface area contributed by atoms with E-state index in [0.717, 1.165) is 16.7 Å². The Bertz CT molecular complexity index is 509. The molecule has 0 atom stereocenters. The third-order valence-electron chi connectivity index (χ3n) is 3.11. The molecule has 0 aliphatic heterocycles. The summed E-state index contributed by atoms with van der Waals surface area (Å²) in [5.41, 5.74) is 7.90. The summed E-state index contributed by atoms with van der Waals surface area (Å²) in [5, 5.41) is 0. The van der Waals surface area contributed by atoms with Crippen molar-refractivity contribution >= 4 is 5.91 Å². The van der Waals surface area contributed by atoms with Gasteiger partial charge in [0, 0.05) is 23.7 Å². The average Bonchev–Trinajstić information content (AvgIpc) is 2.37. The van der Waals surface area contributed by atoms with Crippen molar-refractivity contribution in [2.45, 2.75) is 33.7 Å². The van der Waals surface area contributed by atoms with Crippen molar-refractivity contribution in [3.8, 4) is 11.8 Å². The molecule has 102 valence electrons. The van der Waals surface area contributed by atoms with Gasteiger partial charge in [0.05, 0.1) is 6.54 Å². The molecular formula is C16H22N2O. The third-order valence-corrected chi connectivity index (χ3v) is 3.11. The molecular weight excluding hydrogens is 236 g/mol. The van der Waals surface area contributed by atoms with Crippen molar-refractivity contribution in [3.05, 3.63) is 34.9 Å². The Morgan fingerprint density at radius 1 is 1.42 bits per heavy atom. The largest absolute Gasteiger partial charge is 0.336 e. The van der Waals surface area contributed by atoms with Crippen LogP contribution in [0, 0.1) is 18.8 Å². The molecule has 0 aromatic heterocycles. The Kier molecular flexibility index (Phi) is 5.59. The Morgan fingerprint density at radius 2 is 2.11 bits per heavy atom. The first-order chi connectivity index (χ1) is 9.02. The molecule has 0 radical (unpaired) electrons. The molecule has 3 heteroatoms. The summed E-state index contributed by atoms with van der Waals surface area (Å²) in [7, 11) is 0. The highest BCUT2D eigenvalue weighted by Crippen LogP contribution is 2.16. The first kappa shape index (κ1) is 15.3. The molecule has 0 unspecified atom stereocenters. The fourth-order valence-corrected chi connectivity index (χ4v) is 2.05. The molecule has 0 heterocycles. The number of carbonyl (C=O) groups excluding carboxylic acids is 1. The highest BCUT2D eigenvalue weighted by atomic mass is 16.2. The van der Waals surface area contributed by atoms with Crippen LogP contribution in [0.4, 0.5) is 0 Å². The smallest absolute Gasteiger partial charge is 0.254 e. The molecule has 0 saturated heterocycles. The number of nitrogens with zero attached hydrogens (tertiary/aromatic N) is 1. The molecule has 2 N–H and O–H groups in total. The summed E-state index contributed by atoms with van der Waals surface area (Å²) in [6.07, 6.45) is 0. The van der Waals surface area contributed by atoms with Crippen LogP contribution in [0.3, 0.4) is 0 Å². The lowest BCUT2D eigenvalue weighted by Crippen LogP contribution is -2.37. The van der Waals surface area contributed by atoms with Crippen molar-refractivity contribution < 1.29 is 4.79 Å². The van der Waals surface area contributed by atoms with Gasteiger partial charge in [0.25, 0.3) is 5.91 Å². The zero-order chi connectivity index (χ0) is 14.4. The summed E-state index contributed by atoms with van der Waals surface area (Å²) in [6, 6.07) is 5.83. The first-order valence-corrected chi connectivity index (χ1v) is 6.62. The van der Waals surface area contributed by atoms with E-state index < -0.39 is 0 Å². The Balaban J connectivity index is 3.17. The van der Waals surface area contributed by atoms with Crippen LogP contribution in [0.15, 0.2) is 18.2 Å². The summed E-state index contributed by atoms with van der Waals surface area (Å²) >= 11 is 0. The van der Waals surface area contributed by atoms with Gasteiger partial charge in [0.15, 0.2) is 0 Å². The predicted molar refractivity (Wildman–Crippen MR) is 79.0 cm³/mol. The molecule has 1 aromatic rings. The zero-order valence-electron chi connectivity index (χ0n) is 12.2. The van der Waals surface area contributed by atoms with Gasteiger partial charge in [0.2, 0.25) is 0 Å². The summed E-state index contributed by atoms with van der Waals surface area (Å²) in [5.74, 6) is 5.90. The predicted octanol–water partition coefficient (Wildman–Crippen LogP) is 2.18. The van der Waals surface area contributed by atoms with Crippen molar-refractivity contribution in [2.24, 2.45) is 5.73 Å². The number of amides is 1. The van der Waals surface area contributed by atoms with Gasteiger partial charge in [0.1, 0.15) is 0 Å². The van der Waals surface area contributed by atoms with Crippen LogP contribution in [-0.4, -0.2) is 29.9 Å². The van der Waals surface area contributed by atoms with Crippen molar-refractivity contribution in [3.63, 3.8) is 0 Å². The summed E-state index contributed by atoms with van der Waals surface area (Å²) in [6.45, 7) is 9.00. The summed E-state index contributed by atoms with van der Waals surface area (Å²) in [4.78, 5) is 14.4. The van der Waals surface area contributed by atoms with Crippen molar-refractivity contribution in [1.82, 2.24) is 4.90 Å². The number of carbonyl (C=O) groups is 1. The molecule has 3 nitrogen and oxygen atoms in total. The lowest BCUT2D eigenvalue weighted by molar-refractivity contribution is 0.0716. The van der Waals surface area contributed by atoms with E-state index in [9.17, 15) is 4.79 Å². The van der Waals surface area contributed by atoms with E-state index in [1.165, 1.54) is 0 Å². The van der Waals surface area contributed by atoms with Gasteiger partial charge >= 0.3 is 0 Å². The monoisotopic (exact) mass is 258 g/mol. The molecule has 19 heavy (non-hydrogen) atoms. The molecule has 1 aromatic carbocycles. The average molecular weight is 258 g/mol. The maximum Gasteiger partial charge on any atom is 0.254 e. The number of nitrogens with two attached hydrogens (primary N) is 1. The number of hydrogen-bond acceptors (Lipinski definition) is 2. The lowest BCUT2D eigenvalue weighted by Gasteiger charge is -2.26. The third kappa shape index (κ3) is 3.59. The van der Waals surface area contributed by atoms with Crippen LogP contribution in [-0.2, 0) is 0 Å². The molecule has 0 fully saturated rings. The number of rotatable bonds is 3. The minimum Gasteiger partial charge on any atom is -0.336 e. The topological polar surface area (TPSA) is 46.3 Å². The second-order valence-corrected chi connectivity index (χ2v) is 4.67.